The number of hydrogen-bond donors (Lipinski definition) is 2. The van der Waals surface area contributed by atoms with Crippen molar-refractivity contribution in [3.05, 3.63) is 29.3 Å². The highest BCUT2D eigenvalue weighted by Crippen LogP contribution is 2.37. The van der Waals surface area contributed by atoms with E-state index in [4.69, 9.17) is 18.0 Å². The van der Waals surface area contributed by atoms with Crippen LogP contribution in [0.2, 0.25) is 0 Å². The number of aryl methyl sites for hydroxylation is 1. The summed E-state index contributed by atoms with van der Waals surface area (Å²) in [5.41, 5.74) is 9.00. The molecule has 3 N–H and O–H groups in total. The molecule has 0 spiro atoms. The van der Waals surface area contributed by atoms with Gasteiger partial charge in [-0.15, -0.1) is 0 Å². The van der Waals surface area contributed by atoms with Gasteiger partial charge in [-0.05, 0) is 50.1 Å². The van der Waals surface area contributed by atoms with Gasteiger partial charge >= 0.3 is 0 Å². The minimum Gasteiger partial charge on any atom is -0.389 e. The maximum Gasteiger partial charge on any atom is 0.106 e. The Labute approximate surface area is 119 Å². The van der Waals surface area contributed by atoms with Crippen LogP contribution in [0.15, 0.2) is 18.2 Å². The second-order valence-electron chi connectivity index (χ2n) is 5.17. The first kappa shape index (κ1) is 13.7. The molecule has 0 radical (unpaired) electrons. The van der Waals surface area contributed by atoms with Gasteiger partial charge in [0.25, 0.3) is 0 Å². The zero-order valence-electron chi connectivity index (χ0n) is 11.0. The van der Waals surface area contributed by atoms with Crippen molar-refractivity contribution >= 4 is 34.7 Å². The number of hydrogen-bond acceptors (Lipinski definition) is 3. The van der Waals surface area contributed by atoms with E-state index < -0.39 is 0 Å². The van der Waals surface area contributed by atoms with Gasteiger partial charge in [0.1, 0.15) is 4.99 Å². The summed E-state index contributed by atoms with van der Waals surface area (Å²) in [5, 5.41) is 3.53. The van der Waals surface area contributed by atoms with Crippen LogP contribution in [0.3, 0.4) is 0 Å². The molecule has 1 aliphatic rings. The van der Waals surface area contributed by atoms with Crippen LogP contribution < -0.4 is 11.1 Å². The fraction of sp³-hybridized carbons (Fsp3) is 0.500. The highest BCUT2D eigenvalue weighted by molar-refractivity contribution is 8.00. The zero-order chi connectivity index (χ0) is 13.2. The van der Waals surface area contributed by atoms with E-state index in [2.05, 4.69) is 37.0 Å². The molecule has 1 aromatic carbocycles. The minimum absolute atomic E-state index is 0.344. The molecule has 1 aliphatic heterocycles. The normalized spacial score (nSPS) is 23.0. The fourth-order valence-corrected chi connectivity index (χ4v) is 3.70. The first-order chi connectivity index (χ1) is 8.50. The average Bonchev–Trinajstić information content (AvgIpc) is 2.74. The summed E-state index contributed by atoms with van der Waals surface area (Å²) in [7, 11) is 0. The molecule has 2 rings (SSSR count). The predicted octanol–water partition coefficient (Wildman–Crippen LogP) is 3.33. The van der Waals surface area contributed by atoms with Crippen LogP contribution in [0.25, 0.3) is 0 Å². The molecule has 18 heavy (non-hydrogen) atoms. The Morgan fingerprint density at radius 3 is 2.94 bits per heavy atom. The van der Waals surface area contributed by atoms with Crippen molar-refractivity contribution in [2.75, 3.05) is 17.6 Å². The van der Waals surface area contributed by atoms with Crippen LogP contribution in [0, 0.1) is 6.92 Å². The second kappa shape index (κ2) is 5.49. The number of anilines is 1. The van der Waals surface area contributed by atoms with Crippen molar-refractivity contribution < 1.29 is 0 Å². The monoisotopic (exact) mass is 280 g/mol. The van der Waals surface area contributed by atoms with Crippen molar-refractivity contribution in [2.24, 2.45) is 5.73 Å². The molecule has 0 aromatic heterocycles. The van der Waals surface area contributed by atoms with Crippen molar-refractivity contribution in [2.45, 2.75) is 31.4 Å². The summed E-state index contributed by atoms with van der Waals surface area (Å²) in [5.74, 6) is 1.27. The molecular formula is C14H20N2S2. The summed E-state index contributed by atoms with van der Waals surface area (Å²) in [6.45, 7) is 5.38. The van der Waals surface area contributed by atoms with Crippen LogP contribution >= 0.6 is 24.0 Å². The molecule has 0 bridgehead atoms. The average molecular weight is 280 g/mol. The predicted molar refractivity (Wildman–Crippen MR) is 85.7 cm³/mol. The maximum absolute atomic E-state index is 5.77. The second-order valence-corrected chi connectivity index (χ2v) is 7.29. The first-order valence-corrected chi connectivity index (χ1v) is 7.68. The topological polar surface area (TPSA) is 38.0 Å². The third kappa shape index (κ3) is 3.18. The van der Waals surface area contributed by atoms with Crippen molar-refractivity contribution in [3.8, 4) is 0 Å². The summed E-state index contributed by atoms with van der Waals surface area (Å²) in [6.07, 6.45) is 2.59. The molecule has 1 heterocycles. The van der Waals surface area contributed by atoms with Crippen LogP contribution in [0.1, 0.15) is 30.9 Å². The summed E-state index contributed by atoms with van der Waals surface area (Å²) >= 11 is 7.16. The Hall–Kier alpha value is -0.740. The lowest BCUT2D eigenvalue weighted by atomic mass is 10.0. The molecule has 1 aromatic rings. The van der Waals surface area contributed by atoms with Gasteiger partial charge < -0.3 is 11.1 Å². The lowest BCUT2D eigenvalue weighted by Gasteiger charge is -2.24. The van der Waals surface area contributed by atoms with Gasteiger partial charge in [-0.2, -0.15) is 11.8 Å². The maximum atomic E-state index is 5.77. The Bertz CT molecular complexity index is 451. The van der Waals surface area contributed by atoms with Crippen molar-refractivity contribution in [1.29, 1.82) is 0 Å². The Kier molecular flexibility index (Phi) is 4.17. The largest absolute Gasteiger partial charge is 0.389 e. The lowest BCUT2D eigenvalue weighted by molar-refractivity contribution is 0.635. The molecule has 98 valence electrons. The van der Waals surface area contributed by atoms with E-state index >= 15 is 0 Å². The van der Waals surface area contributed by atoms with Crippen LogP contribution in [0.4, 0.5) is 5.69 Å². The molecule has 0 aliphatic carbocycles. The fourth-order valence-electron chi connectivity index (χ4n) is 2.28. The van der Waals surface area contributed by atoms with Crippen LogP contribution in [-0.2, 0) is 0 Å². The highest BCUT2D eigenvalue weighted by Gasteiger charge is 2.29. The van der Waals surface area contributed by atoms with Gasteiger partial charge in [-0.25, -0.2) is 0 Å². The molecule has 4 heteroatoms. The minimum atomic E-state index is 0.344. The number of rotatable bonds is 4. The third-order valence-corrected chi connectivity index (χ3v) is 5.15. The standard InChI is InChI=1S/C14H20N2S2/c1-10-4-5-11(13(15)17)12(8-10)16-9-14(2)6-3-7-18-14/h4-5,8,16H,3,6-7,9H2,1-2H3,(H2,15,17). The van der Waals surface area contributed by atoms with Crippen molar-refractivity contribution in [1.82, 2.24) is 0 Å². The third-order valence-electron chi connectivity index (χ3n) is 3.39. The number of nitrogens with one attached hydrogen (secondary N) is 1. The summed E-state index contributed by atoms with van der Waals surface area (Å²) < 4.78 is 0.344. The quantitative estimate of drug-likeness (QED) is 0.830. The van der Waals surface area contributed by atoms with Gasteiger partial charge in [0.15, 0.2) is 0 Å². The van der Waals surface area contributed by atoms with E-state index in [1.165, 1.54) is 24.2 Å². The Balaban J connectivity index is 2.12. The van der Waals surface area contributed by atoms with Gasteiger partial charge in [0.05, 0.1) is 0 Å². The molecule has 0 amide bonds. The number of benzene rings is 1. The number of thioether (sulfide) groups is 1. The number of nitrogens with two attached hydrogens (primary N) is 1. The van der Waals surface area contributed by atoms with E-state index in [9.17, 15) is 0 Å². The van der Waals surface area contributed by atoms with Gasteiger partial charge in [-0.3, -0.25) is 0 Å². The van der Waals surface area contributed by atoms with E-state index in [1.54, 1.807) is 0 Å². The van der Waals surface area contributed by atoms with E-state index in [0.29, 0.717) is 9.74 Å². The van der Waals surface area contributed by atoms with E-state index in [1.807, 2.05) is 12.1 Å². The zero-order valence-corrected chi connectivity index (χ0v) is 12.6. The molecule has 2 nitrogen and oxygen atoms in total. The summed E-state index contributed by atoms with van der Waals surface area (Å²) in [6, 6.07) is 6.17. The number of thiocarbonyl (C=S) groups is 1. The van der Waals surface area contributed by atoms with Crippen LogP contribution in [0.5, 0.6) is 0 Å². The van der Waals surface area contributed by atoms with Gasteiger partial charge in [0.2, 0.25) is 0 Å². The van der Waals surface area contributed by atoms with Crippen LogP contribution in [-0.4, -0.2) is 22.0 Å². The summed E-state index contributed by atoms with van der Waals surface area (Å²) in [4.78, 5) is 0.460. The van der Waals surface area contributed by atoms with Gasteiger partial charge in [-0.1, -0.05) is 18.3 Å². The molecule has 1 saturated heterocycles. The van der Waals surface area contributed by atoms with Crippen molar-refractivity contribution in [3.63, 3.8) is 0 Å². The molecule has 1 fully saturated rings. The molecular weight excluding hydrogens is 260 g/mol. The Morgan fingerprint density at radius 1 is 1.56 bits per heavy atom. The molecule has 0 saturated carbocycles. The lowest BCUT2D eigenvalue weighted by Crippen LogP contribution is -2.28. The van der Waals surface area contributed by atoms with Gasteiger partial charge in [0, 0.05) is 22.5 Å². The SMILES string of the molecule is Cc1ccc(C(N)=S)c(NCC2(C)CCCS2)c1. The highest BCUT2D eigenvalue weighted by atomic mass is 32.2. The molecule has 1 unspecified atom stereocenters. The Morgan fingerprint density at radius 2 is 2.33 bits per heavy atom. The molecule has 1 atom stereocenters. The van der Waals surface area contributed by atoms with E-state index in [-0.39, 0.29) is 0 Å². The smallest absolute Gasteiger partial charge is 0.106 e. The first-order valence-electron chi connectivity index (χ1n) is 6.28. The van der Waals surface area contributed by atoms with E-state index in [0.717, 1.165) is 17.8 Å².